The van der Waals surface area contributed by atoms with Crippen LogP contribution in [-0.2, 0) is 14.8 Å². The minimum atomic E-state index is -3.87. The van der Waals surface area contributed by atoms with Crippen molar-refractivity contribution in [2.45, 2.75) is 23.7 Å². The van der Waals surface area contributed by atoms with Crippen molar-refractivity contribution in [1.82, 2.24) is 15.0 Å². The number of nitrogens with zero attached hydrogens (tertiary/aromatic N) is 3. The molecule has 3 aromatic heterocycles. The molecule has 1 aromatic carbocycles. The van der Waals surface area contributed by atoms with Gasteiger partial charge in [0.2, 0.25) is 5.95 Å². The summed E-state index contributed by atoms with van der Waals surface area (Å²) in [5, 5.41) is 1.17. The number of nitrogens with one attached hydrogen (secondary N) is 1. The summed E-state index contributed by atoms with van der Waals surface area (Å²) < 4.78 is 38.4. The molecule has 9 nitrogen and oxygen atoms in total. The molecule has 0 radical (unpaired) electrons. The molecule has 1 aliphatic rings. The van der Waals surface area contributed by atoms with Crippen molar-refractivity contribution < 1.29 is 17.6 Å². The predicted molar refractivity (Wildman–Crippen MR) is 130 cm³/mol. The van der Waals surface area contributed by atoms with Crippen LogP contribution in [0.3, 0.4) is 0 Å². The number of furan rings is 1. The fraction of sp³-hybridized carbons (Fsp3) is 0.227. The highest BCUT2D eigenvalue weighted by atomic mass is 35.5. The van der Waals surface area contributed by atoms with Gasteiger partial charge in [-0.1, -0.05) is 23.7 Å². The quantitative estimate of drug-likeness (QED) is 0.373. The van der Waals surface area contributed by atoms with E-state index in [4.69, 9.17) is 31.5 Å². The smallest absolute Gasteiger partial charge is 0.265 e. The molecule has 0 saturated carbocycles. The van der Waals surface area contributed by atoms with E-state index in [0.29, 0.717) is 30.2 Å². The number of aromatic nitrogens is 3. The number of ether oxygens (including phenoxy) is 1. The Balaban J connectivity index is 1.60. The molecule has 1 aliphatic heterocycles. The number of thiazole rings is 1. The summed E-state index contributed by atoms with van der Waals surface area (Å²) in [6.07, 6.45) is 5.78. The van der Waals surface area contributed by atoms with Crippen LogP contribution in [0.15, 0.2) is 58.4 Å². The van der Waals surface area contributed by atoms with Gasteiger partial charge in [-0.3, -0.25) is 4.72 Å². The highest BCUT2D eigenvalue weighted by molar-refractivity contribution is 7.92. The van der Waals surface area contributed by atoms with Gasteiger partial charge in [-0.2, -0.15) is 0 Å². The second-order valence-electron chi connectivity index (χ2n) is 7.65. The zero-order valence-corrected chi connectivity index (χ0v) is 20.2. The molecule has 0 bridgehead atoms. The largest absolute Gasteiger partial charge is 0.471 e. The Morgan fingerprint density at radius 3 is 2.71 bits per heavy atom. The number of hydrogen-bond acceptors (Lipinski definition) is 9. The molecule has 0 atom stereocenters. The first-order valence-corrected chi connectivity index (χ1v) is 13.1. The predicted octanol–water partition coefficient (Wildman–Crippen LogP) is 4.79. The summed E-state index contributed by atoms with van der Waals surface area (Å²) >= 11 is 8.26. The zero-order chi connectivity index (χ0) is 23.7. The molecule has 5 rings (SSSR count). The van der Waals surface area contributed by atoms with E-state index in [-0.39, 0.29) is 27.5 Å². The Labute approximate surface area is 205 Å². The van der Waals surface area contributed by atoms with Crippen LogP contribution < -0.4 is 10.5 Å². The molecule has 1 saturated heterocycles. The molecule has 3 N–H and O–H groups in total. The van der Waals surface area contributed by atoms with Crippen LogP contribution in [0, 0.1) is 0 Å². The van der Waals surface area contributed by atoms with Gasteiger partial charge in [0, 0.05) is 30.9 Å². The SMILES string of the molecule is Nc1nccc(-c2sc(C3CCOCC3)nc2-c2cccc(NS(=O)(=O)c3ccoc3)c2Cl)n1. The topological polar surface area (TPSA) is 133 Å². The molecule has 0 spiro atoms. The maximum atomic E-state index is 12.7. The molecule has 34 heavy (non-hydrogen) atoms. The maximum Gasteiger partial charge on any atom is 0.265 e. The first-order chi connectivity index (χ1) is 16.4. The highest BCUT2D eigenvalue weighted by Gasteiger charge is 2.26. The van der Waals surface area contributed by atoms with Crippen LogP contribution in [0.4, 0.5) is 11.6 Å². The molecule has 0 aliphatic carbocycles. The standard InChI is InChI=1S/C22H20ClN5O4S2/c23-18-15(2-1-3-16(18)28-34(29,30)14-7-11-32-12-14)19-20(17-4-8-25-22(24)26-17)33-21(27-19)13-5-9-31-10-6-13/h1-4,7-8,11-13,28H,5-6,9-10H2,(H2,24,25,26). The number of rotatable bonds is 6. The van der Waals surface area contributed by atoms with Crippen molar-refractivity contribution >= 4 is 44.6 Å². The number of halogens is 1. The average Bonchev–Trinajstić information content (AvgIpc) is 3.52. The third-order valence-corrected chi connectivity index (χ3v) is 8.41. The molecule has 1 fully saturated rings. The van der Waals surface area contributed by atoms with Gasteiger partial charge in [0.25, 0.3) is 10.0 Å². The lowest BCUT2D eigenvalue weighted by molar-refractivity contribution is 0.0853. The van der Waals surface area contributed by atoms with Crippen molar-refractivity contribution in [3.8, 4) is 21.8 Å². The number of sulfonamides is 1. The van der Waals surface area contributed by atoms with E-state index < -0.39 is 10.0 Å². The van der Waals surface area contributed by atoms with Crippen molar-refractivity contribution in [2.75, 3.05) is 23.7 Å². The normalized spacial score (nSPS) is 14.9. The second-order valence-corrected chi connectivity index (χ2v) is 10.7. The van der Waals surface area contributed by atoms with E-state index in [1.807, 2.05) is 0 Å². The summed E-state index contributed by atoms with van der Waals surface area (Å²) in [5.74, 6) is 0.407. The van der Waals surface area contributed by atoms with E-state index >= 15 is 0 Å². The summed E-state index contributed by atoms with van der Waals surface area (Å²) in [4.78, 5) is 14.1. The molecule has 4 heterocycles. The van der Waals surface area contributed by atoms with Crippen molar-refractivity contribution in [3.05, 3.63) is 59.1 Å². The molecule has 0 amide bonds. The Hall–Kier alpha value is -2.99. The minimum Gasteiger partial charge on any atom is -0.471 e. The summed E-state index contributed by atoms with van der Waals surface area (Å²) in [6, 6.07) is 8.24. The number of anilines is 2. The van der Waals surface area contributed by atoms with Crippen molar-refractivity contribution in [2.24, 2.45) is 0 Å². The van der Waals surface area contributed by atoms with E-state index in [2.05, 4.69) is 14.7 Å². The first kappa shape index (κ1) is 22.8. The summed E-state index contributed by atoms with van der Waals surface area (Å²) in [5.41, 5.74) is 7.88. The van der Waals surface area contributed by atoms with E-state index in [1.54, 1.807) is 30.5 Å². The Morgan fingerprint density at radius 2 is 1.97 bits per heavy atom. The number of nitrogen functional groups attached to an aromatic ring is 1. The van der Waals surface area contributed by atoms with Gasteiger partial charge in [0.15, 0.2) is 0 Å². The monoisotopic (exact) mass is 517 g/mol. The molecular weight excluding hydrogens is 498 g/mol. The van der Waals surface area contributed by atoms with Crippen LogP contribution in [0.2, 0.25) is 5.02 Å². The Bertz CT molecular complexity index is 1420. The third-order valence-electron chi connectivity index (χ3n) is 5.42. The number of benzene rings is 1. The van der Waals surface area contributed by atoms with Crippen molar-refractivity contribution in [3.63, 3.8) is 0 Å². The molecule has 0 unspecified atom stereocenters. The van der Waals surface area contributed by atoms with E-state index in [1.165, 1.54) is 23.7 Å². The Morgan fingerprint density at radius 1 is 1.15 bits per heavy atom. The van der Waals surface area contributed by atoms with E-state index in [9.17, 15) is 8.42 Å². The van der Waals surface area contributed by atoms with Gasteiger partial charge in [-0.15, -0.1) is 11.3 Å². The summed E-state index contributed by atoms with van der Waals surface area (Å²) in [6.45, 7) is 1.36. The lowest BCUT2D eigenvalue weighted by Gasteiger charge is -2.19. The van der Waals surface area contributed by atoms with Crippen LogP contribution >= 0.6 is 22.9 Å². The van der Waals surface area contributed by atoms with Gasteiger partial charge in [-0.05, 0) is 31.0 Å². The first-order valence-electron chi connectivity index (χ1n) is 10.4. The minimum absolute atomic E-state index is 0.00146. The number of hydrogen-bond donors (Lipinski definition) is 2. The number of nitrogens with two attached hydrogens (primary N) is 1. The van der Waals surface area contributed by atoms with Gasteiger partial charge < -0.3 is 14.9 Å². The van der Waals surface area contributed by atoms with Crippen LogP contribution in [0.25, 0.3) is 21.8 Å². The fourth-order valence-electron chi connectivity index (χ4n) is 3.71. The highest BCUT2D eigenvalue weighted by Crippen LogP contribution is 2.44. The van der Waals surface area contributed by atoms with Crippen LogP contribution in [0.5, 0.6) is 0 Å². The van der Waals surface area contributed by atoms with Crippen molar-refractivity contribution in [1.29, 1.82) is 0 Å². The molecule has 4 aromatic rings. The lowest BCUT2D eigenvalue weighted by atomic mass is 10.0. The zero-order valence-electron chi connectivity index (χ0n) is 17.8. The van der Waals surface area contributed by atoms with Gasteiger partial charge in [0.1, 0.15) is 11.2 Å². The average molecular weight is 518 g/mol. The maximum absolute atomic E-state index is 12.7. The fourth-order valence-corrected chi connectivity index (χ4v) is 6.25. The third kappa shape index (κ3) is 4.51. The van der Waals surface area contributed by atoms with Gasteiger partial charge in [-0.25, -0.2) is 23.4 Å². The molecular formula is C22H20ClN5O4S2. The van der Waals surface area contributed by atoms with Gasteiger partial charge in [0.05, 0.1) is 38.2 Å². The van der Waals surface area contributed by atoms with Crippen LogP contribution in [-0.4, -0.2) is 36.6 Å². The molecule has 12 heteroatoms. The summed E-state index contributed by atoms with van der Waals surface area (Å²) in [7, 11) is -3.87. The Kier molecular flexibility index (Phi) is 6.26. The van der Waals surface area contributed by atoms with E-state index in [0.717, 1.165) is 29.0 Å². The molecule has 176 valence electrons. The van der Waals surface area contributed by atoms with Crippen LogP contribution in [0.1, 0.15) is 23.8 Å². The lowest BCUT2D eigenvalue weighted by Crippen LogP contribution is -2.13. The second kappa shape index (κ2) is 9.34. The van der Waals surface area contributed by atoms with Gasteiger partial charge >= 0.3 is 0 Å².